The first-order chi connectivity index (χ1) is 9.22. The highest BCUT2D eigenvalue weighted by molar-refractivity contribution is 6.28. The third-order valence-corrected chi connectivity index (χ3v) is 3.48. The Hall–Kier alpha value is -2.69. The number of aromatic amines is 1. The predicted molar refractivity (Wildman–Crippen MR) is 66.1 cm³/mol. The summed E-state index contributed by atoms with van der Waals surface area (Å²) in [5.74, 6) is -0.256. The summed E-state index contributed by atoms with van der Waals surface area (Å²) in [7, 11) is 0. The first-order valence-electron chi connectivity index (χ1n) is 5.83. The lowest BCUT2D eigenvalue weighted by atomic mass is 9.83. The monoisotopic (exact) mass is 252 g/mol. The molecule has 5 heteroatoms. The Labute approximate surface area is 107 Å². The second-order valence-corrected chi connectivity index (χ2v) is 4.52. The van der Waals surface area contributed by atoms with Gasteiger partial charge in [-0.25, -0.2) is 0 Å². The average Bonchev–Trinajstić information content (AvgIpc) is 3.00. The quantitative estimate of drug-likeness (QED) is 0.723. The number of ether oxygens (including phenoxy) is 1. The van der Waals surface area contributed by atoms with E-state index in [1.807, 2.05) is 0 Å². The van der Waals surface area contributed by atoms with Gasteiger partial charge in [-0.1, -0.05) is 12.1 Å². The van der Waals surface area contributed by atoms with Crippen LogP contribution in [0.15, 0.2) is 36.5 Å². The Morgan fingerprint density at radius 3 is 2.74 bits per heavy atom. The number of carbonyl (C=O) groups excluding carboxylic acids is 2. The van der Waals surface area contributed by atoms with Crippen LogP contribution in [0.25, 0.3) is 6.08 Å². The highest BCUT2D eigenvalue weighted by Crippen LogP contribution is 2.40. The standard InChI is InChI=1S/C14H8N2O3/c17-12-8-3-1-2-4-11(8)19-14(12)6-5-10-9(13(14)18)7-15-16-10/h1-7H,(H,15,16). The number of nitrogens with one attached hydrogen (secondary N) is 1. The summed E-state index contributed by atoms with van der Waals surface area (Å²) in [5.41, 5.74) is -0.139. The molecular formula is C14H8N2O3. The summed E-state index contributed by atoms with van der Waals surface area (Å²) >= 11 is 0. The number of Topliss-reactive ketones (excluding diaryl/α,β-unsaturated/α-hetero) is 2. The van der Waals surface area contributed by atoms with Gasteiger partial charge in [-0.15, -0.1) is 0 Å². The Balaban J connectivity index is 1.91. The number of H-pyrrole nitrogens is 1. The molecule has 1 atom stereocenters. The molecule has 1 N–H and O–H groups in total. The summed E-state index contributed by atoms with van der Waals surface area (Å²) in [6, 6.07) is 6.87. The van der Waals surface area contributed by atoms with Crippen LogP contribution in [0.1, 0.15) is 26.4 Å². The molecule has 4 rings (SSSR count). The van der Waals surface area contributed by atoms with Gasteiger partial charge in [0.25, 0.3) is 5.60 Å². The van der Waals surface area contributed by atoms with Crippen LogP contribution in [0.4, 0.5) is 0 Å². The van der Waals surface area contributed by atoms with Crippen LogP contribution >= 0.6 is 0 Å². The third-order valence-electron chi connectivity index (χ3n) is 3.48. The molecule has 1 aliphatic carbocycles. The van der Waals surface area contributed by atoms with E-state index < -0.39 is 5.60 Å². The highest BCUT2D eigenvalue weighted by Gasteiger charge is 2.54. The van der Waals surface area contributed by atoms with Gasteiger partial charge in [-0.3, -0.25) is 14.7 Å². The topological polar surface area (TPSA) is 72.1 Å². The first kappa shape index (κ1) is 10.3. The molecule has 19 heavy (non-hydrogen) atoms. The fourth-order valence-corrected chi connectivity index (χ4v) is 2.50. The number of hydrogen-bond acceptors (Lipinski definition) is 4. The molecule has 0 bridgehead atoms. The van der Waals surface area contributed by atoms with E-state index in [9.17, 15) is 9.59 Å². The second-order valence-electron chi connectivity index (χ2n) is 4.52. The van der Waals surface area contributed by atoms with Crippen molar-refractivity contribution < 1.29 is 14.3 Å². The molecule has 0 saturated heterocycles. The van der Waals surface area contributed by atoms with Crippen molar-refractivity contribution in [3.8, 4) is 5.75 Å². The third kappa shape index (κ3) is 1.12. The number of hydrogen-bond donors (Lipinski definition) is 1. The lowest BCUT2D eigenvalue weighted by molar-refractivity contribution is 0.0579. The summed E-state index contributed by atoms with van der Waals surface area (Å²) in [4.78, 5) is 25.0. The van der Waals surface area contributed by atoms with Gasteiger partial charge in [-0.05, 0) is 24.3 Å². The first-order valence-corrected chi connectivity index (χ1v) is 5.83. The van der Waals surface area contributed by atoms with Crippen LogP contribution in [0.3, 0.4) is 0 Å². The Kier molecular flexibility index (Phi) is 1.73. The Morgan fingerprint density at radius 2 is 1.89 bits per heavy atom. The minimum absolute atomic E-state index is 0.323. The van der Waals surface area contributed by atoms with Crippen molar-refractivity contribution in [2.45, 2.75) is 5.60 Å². The van der Waals surface area contributed by atoms with Gasteiger partial charge in [0.05, 0.1) is 23.0 Å². The molecule has 5 nitrogen and oxygen atoms in total. The molecule has 0 amide bonds. The van der Waals surface area contributed by atoms with Crippen molar-refractivity contribution >= 4 is 17.6 Å². The molecule has 1 aliphatic heterocycles. The molecule has 0 saturated carbocycles. The molecule has 1 spiro atoms. The van der Waals surface area contributed by atoms with Crippen molar-refractivity contribution in [2.24, 2.45) is 0 Å². The largest absolute Gasteiger partial charge is 0.466 e. The Bertz CT molecular complexity index is 760. The van der Waals surface area contributed by atoms with Crippen molar-refractivity contribution in [3.63, 3.8) is 0 Å². The zero-order chi connectivity index (χ0) is 13.0. The van der Waals surface area contributed by atoms with Gasteiger partial charge < -0.3 is 4.74 Å². The highest BCUT2D eigenvalue weighted by atomic mass is 16.5. The Morgan fingerprint density at radius 1 is 1.11 bits per heavy atom. The van der Waals surface area contributed by atoms with Gasteiger partial charge in [0, 0.05) is 0 Å². The molecule has 1 aromatic heterocycles. The molecule has 92 valence electrons. The number of benzene rings is 1. The molecule has 1 aromatic carbocycles. The SMILES string of the molecule is O=C1c2ccccc2OC12C=Cc1[nH]ncc1C2=O. The summed E-state index contributed by atoms with van der Waals surface area (Å²) in [6.45, 7) is 0. The second kappa shape index (κ2) is 3.20. The molecule has 2 heterocycles. The van der Waals surface area contributed by atoms with Crippen molar-refractivity contribution in [1.82, 2.24) is 10.2 Å². The van der Waals surface area contributed by atoms with Gasteiger partial charge in [-0.2, -0.15) is 5.10 Å². The number of carbonyl (C=O) groups is 2. The van der Waals surface area contributed by atoms with E-state index >= 15 is 0 Å². The van der Waals surface area contributed by atoms with Gasteiger partial charge >= 0.3 is 0 Å². The van der Waals surface area contributed by atoms with E-state index in [0.29, 0.717) is 22.6 Å². The normalized spacial score (nSPS) is 23.4. The van der Waals surface area contributed by atoms with Gasteiger partial charge in [0.1, 0.15) is 5.75 Å². The van der Waals surface area contributed by atoms with E-state index in [0.717, 1.165) is 0 Å². The van der Waals surface area contributed by atoms with E-state index in [2.05, 4.69) is 10.2 Å². The van der Waals surface area contributed by atoms with Crippen LogP contribution in [0.2, 0.25) is 0 Å². The van der Waals surface area contributed by atoms with E-state index in [-0.39, 0.29) is 11.6 Å². The number of nitrogens with zero attached hydrogens (tertiary/aromatic N) is 1. The van der Waals surface area contributed by atoms with Crippen LogP contribution in [-0.4, -0.2) is 27.4 Å². The number of ketones is 2. The molecular weight excluding hydrogens is 244 g/mol. The molecule has 0 radical (unpaired) electrons. The van der Waals surface area contributed by atoms with Crippen LogP contribution in [0.5, 0.6) is 5.75 Å². The van der Waals surface area contributed by atoms with Crippen LogP contribution in [-0.2, 0) is 0 Å². The van der Waals surface area contributed by atoms with Gasteiger partial charge in [0.2, 0.25) is 11.6 Å². The van der Waals surface area contributed by atoms with E-state index in [1.54, 1.807) is 30.3 Å². The predicted octanol–water partition coefficient (Wildman–Crippen LogP) is 1.63. The lowest BCUT2D eigenvalue weighted by Gasteiger charge is -2.24. The maximum absolute atomic E-state index is 12.5. The fourth-order valence-electron chi connectivity index (χ4n) is 2.50. The van der Waals surface area contributed by atoms with Crippen molar-refractivity contribution in [3.05, 3.63) is 53.4 Å². The van der Waals surface area contributed by atoms with Crippen LogP contribution in [0, 0.1) is 0 Å². The fraction of sp³-hybridized carbons (Fsp3) is 0.0714. The number of para-hydroxylation sites is 1. The zero-order valence-corrected chi connectivity index (χ0v) is 9.71. The number of aromatic nitrogens is 2. The van der Waals surface area contributed by atoms with Crippen molar-refractivity contribution in [1.29, 1.82) is 0 Å². The number of rotatable bonds is 0. The smallest absolute Gasteiger partial charge is 0.252 e. The molecule has 0 fully saturated rings. The summed E-state index contributed by atoms with van der Waals surface area (Å²) in [5, 5.41) is 6.52. The summed E-state index contributed by atoms with van der Waals surface area (Å²) in [6.07, 6.45) is 4.58. The minimum Gasteiger partial charge on any atom is -0.466 e. The molecule has 2 aliphatic rings. The van der Waals surface area contributed by atoms with Crippen LogP contribution < -0.4 is 4.74 Å². The van der Waals surface area contributed by atoms with E-state index in [4.69, 9.17) is 4.74 Å². The minimum atomic E-state index is -1.56. The van der Waals surface area contributed by atoms with E-state index in [1.165, 1.54) is 12.3 Å². The zero-order valence-electron chi connectivity index (χ0n) is 9.71. The molecule has 2 aromatic rings. The van der Waals surface area contributed by atoms with Crippen molar-refractivity contribution in [2.75, 3.05) is 0 Å². The lowest BCUT2D eigenvalue weighted by Crippen LogP contribution is -2.47. The maximum atomic E-state index is 12.5. The maximum Gasteiger partial charge on any atom is 0.252 e. The van der Waals surface area contributed by atoms with Gasteiger partial charge in [0.15, 0.2) is 0 Å². The molecule has 1 unspecified atom stereocenters. The summed E-state index contributed by atoms with van der Waals surface area (Å²) < 4.78 is 5.66. The average molecular weight is 252 g/mol. The number of fused-ring (bicyclic) bond motifs is 2.